The van der Waals surface area contributed by atoms with Crippen molar-refractivity contribution in [2.24, 2.45) is 0 Å². The van der Waals surface area contributed by atoms with Gasteiger partial charge in [0.15, 0.2) is 0 Å². The van der Waals surface area contributed by atoms with Gasteiger partial charge in [-0.25, -0.2) is 4.98 Å². The Labute approximate surface area is 137 Å². The second-order valence-electron chi connectivity index (χ2n) is 5.90. The van der Waals surface area contributed by atoms with Gasteiger partial charge in [-0.1, -0.05) is 12.1 Å². The van der Waals surface area contributed by atoms with Crippen molar-refractivity contribution < 1.29 is 9.32 Å². The van der Waals surface area contributed by atoms with Gasteiger partial charge in [0.1, 0.15) is 11.9 Å². The molecule has 1 aliphatic carbocycles. The molecule has 4 rings (SSSR count). The molecule has 0 spiro atoms. The lowest BCUT2D eigenvalue weighted by Gasteiger charge is -2.19. The number of aromatic nitrogens is 4. The van der Waals surface area contributed by atoms with Crippen molar-refractivity contribution in [2.45, 2.75) is 51.1 Å². The number of hydrogen-bond donors (Lipinski definition) is 1. The fourth-order valence-corrected chi connectivity index (χ4v) is 3.52. The molecule has 0 bridgehead atoms. The summed E-state index contributed by atoms with van der Waals surface area (Å²) in [4.78, 5) is 23.0. The number of anilines is 1. The van der Waals surface area contributed by atoms with Crippen molar-refractivity contribution >= 4 is 22.6 Å². The molecule has 1 saturated carbocycles. The van der Waals surface area contributed by atoms with Gasteiger partial charge in [0.2, 0.25) is 11.0 Å². The van der Waals surface area contributed by atoms with E-state index in [1.165, 1.54) is 11.5 Å². The van der Waals surface area contributed by atoms with Crippen LogP contribution in [0.3, 0.4) is 0 Å². The molecule has 1 amide bonds. The van der Waals surface area contributed by atoms with E-state index in [4.69, 9.17) is 4.52 Å². The van der Waals surface area contributed by atoms with Crippen LogP contribution < -0.4 is 10.2 Å². The predicted octanol–water partition coefficient (Wildman–Crippen LogP) is 1.72. The quantitative estimate of drug-likeness (QED) is 0.889. The van der Waals surface area contributed by atoms with E-state index in [1.807, 2.05) is 6.92 Å². The highest BCUT2D eigenvalue weighted by Gasteiger charge is 2.34. The van der Waals surface area contributed by atoms with E-state index in [9.17, 15) is 4.79 Å². The van der Waals surface area contributed by atoms with Crippen LogP contribution in [-0.4, -0.2) is 38.0 Å². The maximum Gasteiger partial charge on any atom is 0.292 e. The largest absolute Gasteiger partial charge is 0.346 e. The number of nitrogens with one attached hydrogen (secondary N) is 1. The minimum atomic E-state index is -0.253. The third kappa shape index (κ3) is 2.92. The van der Waals surface area contributed by atoms with Crippen LogP contribution in [0.5, 0.6) is 0 Å². The molecular formula is C14H18N6O2S. The van der Waals surface area contributed by atoms with Crippen molar-refractivity contribution in [2.75, 3.05) is 11.4 Å². The van der Waals surface area contributed by atoms with Crippen LogP contribution in [0.4, 0.5) is 5.13 Å². The number of aryl methyl sites for hydroxylation is 1. The predicted molar refractivity (Wildman–Crippen MR) is 83.4 cm³/mol. The third-order valence-corrected chi connectivity index (χ3v) is 4.91. The molecule has 0 aromatic carbocycles. The van der Waals surface area contributed by atoms with Gasteiger partial charge in [-0.15, -0.1) is 0 Å². The summed E-state index contributed by atoms with van der Waals surface area (Å²) in [6.45, 7) is 2.92. The zero-order valence-electron chi connectivity index (χ0n) is 12.9. The Morgan fingerprint density at radius 3 is 3.00 bits per heavy atom. The fraction of sp³-hybridized carbons (Fsp3) is 0.643. The SMILES string of the molecule is CCc1nsc(N2CCC[C@@H]2c2nc(C(=O)NC3CC3)no2)n1. The number of rotatable bonds is 5. The van der Waals surface area contributed by atoms with E-state index in [-0.39, 0.29) is 23.8 Å². The van der Waals surface area contributed by atoms with Gasteiger partial charge in [0.25, 0.3) is 11.7 Å². The molecular weight excluding hydrogens is 316 g/mol. The van der Waals surface area contributed by atoms with E-state index < -0.39 is 0 Å². The highest BCUT2D eigenvalue weighted by atomic mass is 32.1. The lowest BCUT2D eigenvalue weighted by Crippen LogP contribution is -2.27. The summed E-state index contributed by atoms with van der Waals surface area (Å²) in [6, 6.07) is 0.254. The van der Waals surface area contributed by atoms with Gasteiger partial charge in [-0.3, -0.25) is 4.79 Å². The molecule has 9 heteroatoms. The van der Waals surface area contributed by atoms with E-state index in [1.54, 1.807) is 0 Å². The molecule has 1 N–H and O–H groups in total. The lowest BCUT2D eigenvalue weighted by molar-refractivity contribution is 0.0937. The van der Waals surface area contributed by atoms with E-state index in [0.717, 1.165) is 49.6 Å². The molecule has 23 heavy (non-hydrogen) atoms. The van der Waals surface area contributed by atoms with Crippen LogP contribution in [-0.2, 0) is 6.42 Å². The smallest absolute Gasteiger partial charge is 0.292 e. The van der Waals surface area contributed by atoms with Crippen LogP contribution in [0.15, 0.2) is 4.52 Å². The Hall–Kier alpha value is -2.03. The molecule has 1 atom stereocenters. The minimum absolute atomic E-state index is 0.0253. The third-order valence-electron chi connectivity index (χ3n) is 4.11. The summed E-state index contributed by atoms with van der Waals surface area (Å²) in [6.07, 6.45) is 4.82. The summed E-state index contributed by atoms with van der Waals surface area (Å²) in [5.41, 5.74) is 0. The van der Waals surface area contributed by atoms with Crippen molar-refractivity contribution in [1.82, 2.24) is 24.8 Å². The summed E-state index contributed by atoms with van der Waals surface area (Å²) in [5, 5.41) is 7.58. The van der Waals surface area contributed by atoms with Crippen molar-refractivity contribution in [3.8, 4) is 0 Å². The second kappa shape index (κ2) is 5.88. The molecule has 1 saturated heterocycles. The molecule has 3 heterocycles. The Bertz CT molecular complexity index is 710. The van der Waals surface area contributed by atoms with Crippen LogP contribution in [0.25, 0.3) is 0 Å². The first-order valence-electron chi connectivity index (χ1n) is 7.98. The molecule has 2 aliphatic rings. The Kier molecular flexibility index (Phi) is 3.72. The maximum atomic E-state index is 12.0. The second-order valence-corrected chi connectivity index (χ2v) is 6.63. The number of carbonyl (C=O) groups excluding carboxylic acids is 1. The van der Waals surface area contributed by atoms with Crippen LogP contribution in [0.1, 0.15) is 61.0 Å². The summed E-state index contributed by atoms with van der Waals surface area (Å²) in [7, 11) is 0. The molecule has 2 fully saturated rings. The highest BCUT2D eigenvalue weighted by Crippen LogP contribution is 2.36. The van der Waals surface area contributed by atoms with Gasteiger partial charge in [-0.05, 0) is 25.7 Å². The first-order chi connectivity index (χ1) is 11.2. The lowest BCUT2D eigenvalue weighted by atomic mass is 10.2. The Morgan fingerprint density at radius 1 is 1.39 bits per heavy atom. The zero-order chi connectivity index (χ0) is 15.8. The number of carbonyl (C=O) groups is 1. The summed E-state index contributed by atoms with van der Waals surface area (Å²) in [5.74, 6) is 1.20. The van der Waals surface area contributed by atoms with Gasteiger partial charge < -0.3 is 14.7 Å². The molecule has 0 radical (unpaired) electrons. The molecule has 1 aliphatic heterocycles. The Balaban J connectivity index is 1.51. The van der Waals surface area contributed by atoms with Gasteiger partial charge in [-0.2, -0.15) is 9.36 Å². The van der Waals surface area contributed by atoms with Crippen molar-refractivity contribution in [1.29, 1.82) is 0 Å². The normalized spacial score (nSPS) is 20.9. The molecule has 2 aromatic rings. The first-order valence-corrected chi connectivity index (χ1v) is 8.75. The first kappa shape index (κ1) is 14.6. The molecule has 0 unspecified atom stereocenters. The maximum absolute atomic E-state index is 12.0. The van der Waals surface area contributed by atoms with Crippen LogP contribution in [0, 0.1) is 0 Å². The van der Waals surface area contributed by atoms with Gasteiger partial charge in [0.05, 0.1) is 0 Å². The van der Waals surface area contributed by atoms with E-state index >= 15 is 0 Å². The van der Waals surface area contributed by atoms with Crippen LogP contribution >= 0.6 is 11.5 Å². The monoisotopic (exact) mass is 334 g/mol. The number of amides is 1. The highest BCUT2D eigenvalue weighted by molar-refractivity contribution is 7.09. The fourth-order valence-electron chi connectivity index (χ4n) is 2.70. The Morgan fingerprint density at radius 2 is 2.26 bits per heavy atom. The standard InChI is InChI=1S/C14H18N6O2S/c1-2-10-16-14(23-19-10)20-7-3-4-9(20)13-17-11(18-22-13)12(21)15-8-5-6-8/h8-9H,2-7H2,1H3,(H,15,21)/t9-/m1/s1. The van der Waals surface area contributed by atoms with Crippen molar-refractivity contribution in [3.63, 3.8) is 0 Å². The average Bonchev–Trinajstić information content (AvgIpc) is 3.05. The summed E-state index contributed by atoms with van der Waals surface area (Å²) >= 11 is 1.40. The van der Waals surface area contributed by atoms with E-state index in [2.05, 4.69) is 29.7 Å². The summed E-state index contributed by atoms with van der Waals surface area (Å²) < 4.78 is 9.69. The average molecular weight is 334 g/mol. The molecule has 2 aromatic heterocycles. The van der Waals surface area contributed by atoms with Crippen molar-refractivity contribution in [3.05, 3.63) is 17.5 Å². The van der Waals surface area contributed by atoms with Gasteiger partial charge in [0, 0.05) is 30.5 Å². The van der Waals surface area contributed by atoms with Gasteiger partial charge >= 0.3 is 0 Å². The van der Waals surface area contributed by atoms with E-state index in [0.29, 0.717) is 5.89 Å². The van der Waals surface area contributed by atoms with Crippen LogP contribution in [0.2, 0.25) is 0 Å². The minimum Gasteiger partial charge on any atom is -0.346 e. The zero-order valence-corrected chi connectivity index (χ0v) is 13.7. The molecule has 8 nitrogen and oxygen atoms in total. The molecule has 122 valence electrons. The number of nitrogens with zero attached hydrogens (tertiary/aromatic N) is 5. The topological polar surface area (TPSA) is 97.0 Å². The number of hydrogen-bond acceptors (Lipinski definition) is 8.